The monoisotopic (exact) mass is 298 g/mol. The molecule has 1 aliphatic rings. The second-order valence-corrected chi connectivity index (χ2v) is 6.38. The third kappa shape index (κ3) is 2.91. The molecule has 1 aromatic carbocycles. The molecule has 0 spiro atoms. The summed E-state index contributed by atoms with van der Waals surface area (Å²) in [5.41, 5.74) is 3.21. The number of oxazole rings is 1. The van der Waals surface area contributed by atoms with E-state index in [9.17, 15) is 4.79 Å². The molecule has 0 fully saturated rings. The van der Waals surface area contributed by atoms with Gasteiger partial charge in [-0.05, 0) is 36.8 Å². The zero-order chi connectivity index (χ0) is 15.7. The third-order valence-corrected chi connectivity index (χ3v) is 4.07. The quantitative estimate of drug-likeness (QED) is 0.938. The molecule has 4 heteroatoms. The molecule has 1 amide bonds. The van der Waals surface area contributed by atoms with Crippen LogP contribution in [-0.2, 0) is 12.8 Å². The van der Waals surface area contributed by atoms with E-state index in [-0.39, 0.29) is 11.9 Å². The first-order valence-electron chi connectivity index (χ1n) is 7.89. The number of nitrogens with one attached hydrogen (secondary N) is 1. The first kappa shape index (κ1) is 14.8. The first-order valence-corrected chi connectivity index (χ1v) is 7.89. The van der Waals surface area contributed by atoms with Gasteiger partial charge in [-0.15, -0.1) is 0 Å². The molecule has 1 aliphatic carbocycles. The van der Waals surface area contributed by atoms with Crippen molar-refractivity contribution < 1.29 is 9.21 Å². The smallest absolute Gasteiger partial charge is 0.289 e. The molecule has 4 nitrogen and oxygen atoms in total. The van der Waals surface area contributed by atoms with Crippen molar-refractivity contribution in [3.05, 3.63) is 52.7 Å². The van der Waals surface area contributed by atoms with Gasteiger partial charge in [-0.2, -0.15) is 0 Å². The molecule has 116 valence electrons. The predicted molar refractivity (Wildman–Crippen MR) is 84.8 cm³/mol. The molecule has 1 heterocycles. The number of carbonyl (C=O) groups excluding carboxylic acids is 1. The Labute approximate surface area is 130 Å². The summed E-state index contributed by atoms with van der Waals surface area (Å²) < 4.78 is 5.66. The zero-order valence-corrected chi connectivity index (χ0v) is 13.3. The molecule has 1 N–H and O–H groups in total. The van der Waals surface area contributed by atoms with Crippen molar-refractivity contribution in [2.45, 2.75) is 46.1 Å². The second-order valence-electron chi connectivity index (χ2n) is 6.38. The van der Waals surface area contributed by atoms with E-state index in [0.717, 1.165) is 19.3 Å². The number of rotatable bonds is 4. The topological polar surface area (TPSA) is 55.1 Å². The van der Waals surface area contributed by atoms with Crippen LogP contribution >= 0.6 is 0 Å². The Balaban J connectivity index is 1.74. The summed E-state index contributed by atoms with van der Waals surface area (Å²) in [6, 6.07) is 8.35. The van der Waals surface area contributed by atoms with Crippen molar-refractivity contribution in [1.29, 1.82) is 0 Å². The van der Waals surface area contributed by atoms with Gasteiger partial charge in [-0.3, -0.25) is 4.79 Å². The normalized spacial score (nSPS) is 16.8. The van der Waals surface area contributed by atoms with Gasteiger partial charge in [0.25, 0.3) is 5.91 Å². The van der Waals surface area contributed by atoms with E-state index in [2.05, 4.69) is 36.3 Å². The lowest BCUT2D eigenvalue weighted by Crippen LogP contribution is -2.27. The minimum Gasteiger partial charge on any atom is -0.435 e. The van der Waals surface area contributed by atoms with Gasteiger partial charge in [0, 0.05) is 6.42 Å². The maximum atomic E-state index is 12.5. The number of aromatic nitrogens is 1. The number of aryl methyl sites for hydroxylation is 2. The van der Waals surface area contributed by atoms with Crippen LogP contribution in [0.2, 0.25) is 0 Å². The number of hydrogen-bond acceptors (Lipinski definition) is 3. The summed E-state index contributed by atoms with van der Waals surface area (Å²) in [7, 11) is 0. The molecular weight excluding hydrogens is 276 g/mol. The Morgan fingerprint density at radius 3 is 2.95 bits per heavy atom. The highest BCUT2D eigenvalue weighted by Gasteiger charge is 2.26. The average Bonchev–Trinajstić information content (AvgIpc) is 3.02. The Kier molecular flexibility index (Phi) is 4.01. The summed E-state index contributed by atoms with van der Waals surface area (Å²) in [4.78, 5) is 16.8. The van der Waals surface area contributed by atoms with E-state index < -0.39 is 0 Å². The molecule has 3 rings (SSSR count). The molecular formula is C18H22N2O2. The van der Waals surface area contributed by atoms with Crippen molar-refractivity contribution in [3.63, 3.8) is 0 Å². The van der Waals surface area contributed by atoms with Crippen molar-refractivity contribution in [2.24, 2.45) is 5.92 Å². The zero-order valence-electron chi connectivity index (χ0n) is 13.3. The molecule has 1 atom stereocenters. The van der Waals surface area contributed by atoms with Gasteiger partial charge in [-0.1, -0.05) is 38.1 Å². The molecule has 0 saturated heterocycles. The fourth-order valence-corrected chi connectivity index (χ4v) is 3.03. The Morgan fingerprint density at radius 2 is 2.18 bits per heavy atom. The molecule has 1 unspecified atom stereocenters. The van der Waals surface area contributed by atoms with E-state index in [1.165, 1.54) is 11.1 Å². The van der Waals surface area contributed by atoms with Gasteiger partial charge in [0.1, 0.15) is 0 Å². The van der Waals surface area contributed by atoms with E-state index in [0.29, 0.717) is 23.3 Å². The average molecular weight is 298 g/mol. The maximum absolute atomic E-state index is 12.5. The van der Waals surface area contributed by atoms with Crippen LogP contribution in [0.5, 0.6) is 0 Å². The number of carbonyl (C=O) groups is 1. The van der Waals surface area contributed by atoms with Crippen LogP contribution in [0.25, 0.3) is 0 Å². The largest absolute Gasteiger partial charge is 0.435 e. The molecule has 22 heavy (non-hydrogen) atoms. The van der Waals surface area contributed by atoms with Gasteiger partial charge in [-0.25, -0.2) is 4.98 Å². The summed E-state index contributed by atoms with van der Waals surface area (Å²) >= 11 is 0. The molecule has 0 radical (unpaired) electrons. The number of hydrogen-bond donors (Lipinski definition) is 1. The lowest BCUT2D eigenvalue weighted by molar-refractivity contribution is 0.0905. The minimum atomic E-state index is -0.165. The summed E-state index contributed by atoms with van der Waals surface area (Å²) in [5, 5.41) is 3.09. The van der Waals surface area contributed by atoms with E-state index in [1.807, 2.05) is 19.1 Å². The van der Waals surface area contributed by atoms with E-state index >= 15 is 0 Å². The van der Waals surface area contributed by atoms with Crippen LogP contribution < -0.4 is 5.32 Å². The van der Waals surface area contributed by atoms with Crippen molar-refractivity contribution in [1.82, 2.24) is 10.3 Å². The standard InChI is InChI=1S/C18H22N2O2/c1-11(2)10-16-19-12(3)17(22-16)18(21)20-15-9-8-13-6-4-5-7-14(13)15/h4-7,11,15H,8-10H2,1-3H3,(H,20,21). The van der Waals surface area contributed by atoms with Crippen LogP contribution in [0.3, 0.4) is 0 Å². The fraction of sp³-hybridized carbons (Fsp3) is 0.444. The van der Waals surface area contributed by atoms with E-state index in [4.69, 9.17) is 4.42 Å². The third-order valence-electron chi connectivity index (χ3n) is 4.07. The lowest BCUT2D eigenvalue weighted by Gasteiger charge is -2.13. The predicted octanol–water partition coefficient (Wildman–Crippen LogP) is 3.60. The maximum Gasteiger partial charge on any atom is 0.289 e. The van der Waals surface area contributed by atoms with Gasteiger partial charge >= 0.3 is 0 Å². The van der Waals surface area contributed by atoms with Crippen LogP contribution in [0, 0.1) is 12.8 Å². The van der Waals surface area contributed by atoms with Crippen LogP contribution in [0.15, 0.2) is 28.7 Å². The minimum absolute atomic E-state index is 0.0711. The highest BCUT2D eigenvalue weighted by Crippen LogP contribution is 2.31. The Bertz CT molecular complexity index is 688. The summed E-state index contributed by atoms with van der Waals surface area (Å²) in [6.45, 7) is 6.04. The molecule has 1 aromatic heterocycles. The van der Waals surface area contributed by atoms with Gasteiger partial charge in [0.2, 0.25) is 5.76 Å². The number of amides is 1. The SMILES string of the molecule is Cc1nc(CC(C)C)oc1C(=O)NC1CCc2ccccc21. The number of benzene rings is 1. The Morgan fingerprint density at radius 1 is 1.41 bits per heavy atom. The molecule has 0 aliphatic heterocycles. The Hall–Kier alpha value is -2.10. The lowest BCUT2D eigenvalue weighted by atomic mass is 10.1. The molecule has 0 saturated carbocycles. The van der Waals surface area contributed by atoms with Crippen molar-refractivity contribution in [2.75, 3.05) is 0 Å². The molecule has 0 bridgehead atoms. The van der Waals surface area contributed by atoms with Gasteiger partial charge in [0.15, 0.2) is 5.89 Å². The fourth-order valence-electron chi connectivity index (χ4n) is 3.03. The van der Waals surface area contributed by atoms with Crippen LogP contribution in [0.1, 0.15) is 59.6 Å². The second kappa shape index (κ2) is 5.95. The van der Waals surface area contributed by atoms with Gasteiger partial charge < -0.3 is 9.73 Å². The number of fused-ring (bicyclic) bond motifs is 1. The van der Waals surface area contributed by atoms with Crippen molar-refractivity contribution >= 4 is 5.91 Å². The number of nitrogens with zero attached hydrogens (tertiary/aromatic N) is 1. The van der Waals surface area contributed by atoms with Crippen molar-refractivity contribution in [3.8, 4) is 0 Å². The van der Waals surface area contributed by atoms with E-state index in [1.54, 1.807) is 0 Å². The van der Waals surface area contributed by atoms with Crippen LogP contribution in [-0.4, -0.2) is 10.9 Å². The van der Waals surface area contributed by atoms with Crippen LogP contribution in [0.4, 0.5) is 0 Å². The molecule has 2 aromatic rings. The highest BCUT2D eigenvalue weighted by molar-refractivity contribution is 5.92. The first-order chi connectivity index (χ1) is 10.5. The van der Waals surface area contributed by atoms with Gasteiger partial charge in [0.05, 0.1) is 11.7 Å². The highest BCUT2D eigenvalue weighted by atomic mass is 16.4. The summed E-state index contributed by atoms with van der Waals surface area (Å²) in [5.74, 6) is 1.28. The summed E-state index contributed by atoms with van der Waals surface area (Å²) in [6.07, 6.45) is 2.70.